The fraction of sp³-hybridized carbons (Fsp3) is 0.700. The monoisotopic (exact) mass is 418 g/mol. The summed E-state index contributed by atoms with van der Waals surface area (Å²) in [4.78, 5) is -0.848. The first-order chi connectivity index (χ1) is 12.8. The van der Waals surface area contributed by atoms with E-state index in [0.29, 0.717) is 6.42 Å². The topological polar surface area (TPSA) is 88.5 Å². The van der Waals surface area contributed by atoms with Gasteiger partial charge in [0.05, 0.1) is 10.6 Å². The van der Waals surface area contributed by atoms with Crippen LogP contribution in [0.3, 0.4) is 0 Å². The number of sulfone groups is 1. The number of hydrogen-bond donors (Lipinski definition) is 1. The molecule has 0 heterocycles. The molecule has 0 saturated heterocycles. The molecule has 27 heavy (non-hydrogen) atoms. The molecule has 1 aromatic rings. The van der Waals surface area contributed by atoms with E-state index in [1.54, 1.807) is 0 Å². The molecule has 5 nitrogen and oxygen atoms in total. The third kappa shape index (κ3) is 9.72. The van der Waals surface area contributed by atoms with Gasteiger partial charge in [-0.25, -0.2) is 8.42 Å². The Morgan fingerprint density at radius 2 is 1.07 bits per heavy atom. The molecule has 1 N–H and O–H groups in total. The normalized spacial score (nSPS) is 12.4. The molecular formula is C20H34O5S2. The minimum Gasteiger partial charge on any atom is -0.282 e. The lowest BCUT2D eigenvalue weighted by atomic mass is 10.1. The van der Waals surface area contributed by atoms with Crippen molar-refractivity contribution in [2.45, 2.75) is 93.8 Å². The van der Waals surface area contributed by atoms with Crippen LogP contribution >= 0.6 is 0 Å². The van der Waals surface area contributed by atoms with Crippen LogP contribution < -0.4 is 0 Å². The van der Waals surface area contributed by atoms with Crippen molar-refractivity contribution >= 4 is 20.0 Å². The Labute approximate surface area is 165 Å². The number of unbranched alkanes of at least 4 members (excludes halogenated alkanes) is 11. The highest BCUT2D eigenvalue weighted by atomic mass is 32.2. The Bertz CT molecular complexity index is 739. The van der Waals surface area contributed by atoms with Crippen molar-refractivity contribution in [3.63, 3.8) is 0 Å². The van der Waals surface area contributed by atoms with Gasteiger partial charge in [0.2, 0.25) is 0 Å². The highest BCUT2D eigenvalue weighted by Gasteiger charge is 2.24. The van der Waals surface area contributed by atoms with E-state index in [0.717, 1.165) is 25.3 Å². The third-order valence-corrected chi connectivity index (χ3v) is 7.62. The van der Waals surface area contributed by atoms with Gasteiger partial charge in [-0.1, -0.05) is 89.7 Å². The van der Waals surface area contributed by atoms with E-state index in [2.05, 4.69) is 6.92 Å². The minimum absolute atomic E-state index is 0.100. The first-order valence-electron chi connectivity index (χ1n) is 10.1. The number of hydrogen-bond acceptors (Lipinski definition) is 4. The zero-order valence-corrected chi connectivity index (χ0v) is 18.0. The summed E-state index contributed by atoms with van der Waals surface area (Å²) < 4.78 is 56.8. The highest BCUT2D eigenvalue weighted by Crippen LogP contribution is 2.22. The third-order valence-electron chi connectivity index (χ3n) is 4.73. The zero-order valence-electron chi connectivity index (χ0n) is 16.4. The summed E-state index contributed by atoms with van der Waals surface area (Å²) in [5, 5.41) is 0. The van der Waals surface area contributed by atoms with Crippen molar-refractivity contribution < 1.29 is 21.4 Å². The Morgan fingerprint density at radius 3 is 1.52 bits per heavy atom. The Balaban J connectivity index is 2.25. The maximum Gasteiger partial charge on any atom is 0.295 e. The van der Waals surface area contributed by atoms with Crippen molar-refractivity contribution in [2.24, 2.45) is 0 Å². The van der Waals surface area contributed by atoms with Gasteiger partial charge in [0.25, 0.3) is 10.1 Å². The summed E-state index contributed by atoms with van der Waals surface area (Å²) in [5.74, 6) is -0.100. The molecule has 0 spiro atoms. The van der Waals surface area contributed by atoms with Crippen LogP contribution in [0.5, 0.6) is 0 Å². The lowest BCUT2D eigenvalue weighted by molar-refractivity contribution is 0.479. The van der Waals surface area contributed by atoms with Crippen LogP contribution in [0.1, 0.15) is 84.0 Å². The second kappa shape index (κ2) is 12.5. The molecule has 7 heteroatoms. The summed E-state index contributed by atoms with van der Waals surface area (Å²) in [5.41, 5.74) is 0. The van der Waals surface area contributed by atoms with Gasteiger partial charge in [-0.3, -0.25) is 4.55 Å². The predicted octanol–water partition coefficient (Wildman–Crippen LogP) is 5.41. The van der Waals surface area contributed by atoms with Gasteiger partial charge in [-0.15, -0.1) is 0 Å². The van der Waals surface area contributed by atoms with E-state index in [1.807, 2.05) is 0 Å². The predicted molar refractivity (Wildman–Crippen MR) is 109 cm³/mol. The molecule has 0 aromatic heterocycles. The van der Waals surface area contributed by atoms with Gasteiger partial charge >= 0.3 is 0 Å². The van der Waals surface area contributed by atoms with Gasteiger partial charge < -0.3 is 0 Å². The maximum absolute atomic E-state index is 12.4. The average molecular weight is 419 g/mol. The van der Waals surface area contributed by atoms with Crippen molar-refractivity contribution in [3.8, 4) is 0 Å². The Kier molecular flexibility index (Phi) is 11.2. The summed E-state index contributed by atoms with van der Waals surface area (Å²) in [6.07, 6.45) is 13.7. The molecule has 0 atom stereocenters. The lowest BCUT2D eigenvalue weighted by Crippen LogP contribution is -2.12. The maximum atomic E-state index is 12.4. The smallest absolute Gasteiger partial charge is 0.282 e. The van der Waals surface area contributed by atoms with Crippen LogP contribution in [0.15, 0.2) is 34.1 Å². The fourth-order valence-corrected chi connectivity index (χ4v) is 5.90. The van der Waals surface area contributed by atoms with E-state index in [1.165, 1.54) is 69.6 Å². The number of rotatable bonds is 15. The van der Waals surface area contributed by atoms with Crippen LogP contribution in [0.25, 0.3) is 0 Å². The van der Waals surface area contributed by atoms with Gasteiger partial charge in [-0.2, -0.15) is 8.42 Å². The van der Waals surface area contributed by atoms with Gasteiger partial charge in [0.1, 0.15) is 4.90 Å². The van der Waals surface area contributed by atoms with Crippen molar-refractivity contribution in [3.05, 3.63) is 24.3 Å². The van der Waals surface area contributed by atoms with E-state index in [4.69, 9.17) is 0 Å². The minimum atomic E-state index is -4.55. The van der Waals surface area contributed by atoms with Crippen LogP contribution in [0.4, 0.5) is 0 Å². The van der Waals surface area contributed by atoms with E-state index >= 15 is 0 Å². The largest absolute Gasteiger partial charge is 0.295 e. The van der Waals surface area contributed by atoms with Crippen molar-refractivity contribution in [1.29, 1.82) is 0 Å². The van der Waals surface area contributed by atoms with Crippen LogP contribution in [0.2, 0.25) is 0 Å². The molecular weight excluding hydrogens is 384 g/mol. The second-order valence-corrected chi connectivity index (χ2v) is 10.6. The van der Waals surface area contributed by atoms with Crippen LogP contribution in [-0.2, 0) is 20.0 Å². The first-order valence-corrected chi connectivity index (χ1v) is 13.2. The average Bonchev–Trinajstić information content (AvgIpc) is 2.62. The Morgan fingerprint density at radius 1 is 0.667 bits per heavy atom. The molecule has 0 bridgehead atoms. The molecule has 0 aliphatic carbocycles. The van der Waals surface area contributed by atoms with E-state index < -0.39 is 24.9 Å². The molecule has 1 rings (SSSR count). The fourth-order valence-electron chi connectivity index (χ4n) is 3.16. The summed E-state index contributed by atoms with van der Waals surface area (Å²) >= 11 is 0. The molecule has 1 aromatic carbocycles. The van der Waals surface area contributed by atoms with Gasteiger partial charge in [0.15, 0.2) is 9.84 Å². The van der Waals surface area contributed by atoms with Crippen molar-refractivity contribution in [1.82, 2.24) is 0 Å². The first kappa shape index (κ1) is 24.1. The summed E-state index contributed by atoms with van der Waals surface area (Å²) in [6.45, 7) is 2.22. The van der Waals surface area contributed by atoms with Gasteiger partial charge in [-0.05, 0) is 18.6 Å². The molecule has 156 valence electrons. The molecule has 0 unspecified atom stereocenters. The molecule has 0 aliphatic rings. The molecule has 0 fully saturated rings. The summed E-state index contributed by atoms with van der Waals surface area (Å²) in [7, 11) is -8.28. The second-order valence-electron chi connectivity index (χ2n) is 7.13. The van der Waals surface area contributed by atoms with Crippen molar-refractivity contribution in [2.75, 3.05) is 5.75 Å². The zero-order chi connectivity index (χ0) is 20.2. The number of benzene rings is 1. The van der Waals surface area contributed by atoms with E-state index in [-0.39, 0.29) is 10.6 Å². The standard InChI is InChI=1S/C20H34O5S2/c1-2-3-4-5-6-7-8-9-10-11-12-15-18-26(21,22)19-16-13-14-17-20(19)27(23,24)25/h13-14,16-17H,2-12,15,18H2,1H3,(H,23,24,25). The molecule has 0 amide bonds. The SMILES string of the molecule is CCCCCCCCCCCCCCS(=O)(=O)c1ccccc1S(=O)(=O)O. The molecule has 0 saturated carbocycles. The van der Waals surface area contributed by atoms with Crippen LogP contribution in [0, 0.1) is 0 Å². The molecule has 0 aliphatic heterocycles. The lowest BCUT2D eigenvalue weighted by Gasteiger charge is -2.08. The van der Waals surface area contributed by atoms with E-state index in [9.17, 15) is 21.4 Å². The quantitative estimate of drug-likeness (QED) is 0.304. The highest BCUT2D eigenvalue weighted by molar-refractivity contribution is 7.92. The van der Waals surface area contributed by atoms with Gasteiger partial charge in [0, 0.05) is 0 Å². The van der Waals surface area contributed by atoms with Crippen LogP contribution in [-0.4, -0.2) is 27.1 Å². The molecule has 0 radical (unpaired) electrons. The summed E-state index contributed by atoms with van der Waals surface area (Å²) in [6, 6.07) is 5.21. The Hall–Kier alpha value is -0.920.